The predicted octanol–water partition coefficient (Wildman–Crippen LogP) is 2.90. The lowest BCUT2D eigenvalue weighted by molar-refractivity contribution is 0.0962. The van der Waals surface area contributed by atoms with E-state index in [-0.39, 0.29) is 5.91 Å². The number of aromatic nitrogens is 1. The number of hydrogen-bond acceptors (Lipinski definition) is 4. The number of nitrogens with zero attached hydrogens (tertiary/aromatic N) is 3. The average Bonchev–Trinajstić information content (AvgIpc) is 3.44. The summed E-state index contributed by atoms with van der Waals surface area (Å²) in [5, 5.41) is 6.28. The van der Waals surface area contributed by atoms with E-state index in [1.54, 1.807) is 13.2 Å². The molecule has 1 aromatic heterocycles. The van der Waals surface area contributed by atoms with Crippen LogP contribution in [0.3, 0.4) is 0 Å². The van der Waals surface area contributed by atoms with E-state index in [1.807, 2.05) is 12.1 Å². The van der Waals surface area contributed by atoms with Gasteiger partial charge in [0.1, 0.15) is 17.5 Å². The number of nitrogens with one attached hydrogen (secondary N) is 2. The Morgan fingerprint density at radius 1 is 1.16 bits per heavy atom. The first-order chi connectivity index (χ1) is 15.6. The number of rotatable bonds is 4. The second kappa shape index (κ2) is 8.83. The summed E-state index contributed by atoms with van der Waals surface area (Å²) in [7, 11) is 1.65. The molecule has 1 aromatic carbocycles. The largest absolute Gasteiger partial charge is 0.356 e. The Morgan fingerprint density at radius 3 is 2.66 bits per heavy atom. The van der Waals surface area contributed by atoms with Gasteiger partial charge in [-0.1, -0.05) is 6.07 Å². The van der Waals surface area contributed by atoms with Crippen molar-refractivity contribution in [1.82, 2.24) is 20.1 Å². The zero-order valence-electron chi connectivity index (χ0n) is 19.4. The number of carbonyl (C=O) groups excluding carboxylic acids is 1. The lowest BCUT2D eigenvalue weighted by Gasteiger charge is -2.43. The van der Waals surface area contributed by atoms with Crippen LogP contribution in [0, 0.1) is 0 Å². The summed E-state index contributed by atoms with van der Waals surface area (Å²) in [6.07, 6.45) is 7.71. The van der Waals surface area contributed by atoms with Gasteiger partial charge < -0.3 is 15.5 Å². The lowest BCUT2D eigenvalue weighted by atomic mass is 9.99. The quantitative estimate of drug-likeness (QED) is 0.727. The van der Waals surface area contributed by atoms with Crippen LogP contribution in [0.25, 0.3) is 0 Å². The van der Waals surface area contributed by atoms with Gasteiger partial charge in [0, 0.05) is 64.8 Å². The SMILES string of the molecule is CNC(=O)c1ccc(N2CCc3ccc([N+]4([C@H]5CCNC5)CCC[C@@H]4C)cc3CC2)nc1. The van der Waals surface area contributed by atoms with Crippen LogP contribution in [0.5, 0.6) is 0 Å². The van der Waals surface area contributed by atoms with Crippen LogP contribution in [-0.4, -0.2) is 62.7 Å². The van der Waals surface area contributed by atoms with Crippen LogP contribution >= 0.6 is 0 Å². The van der Waals surface area contributed by atoms with Crippen LogP contribution in [0.2, 0.25) is 0 Å². The fourth-order valence-corrected chi connectivity index (χ4v) is 6.32. The highest BCUT2D eigenvalue weighted by Crippen LogP contribution is 2.40. The van der Waals surface area contributed by atoms with Gasteiger partial charge in [-0.2, -0.15) is 0 Å². The molecule has 32 heavy (non-hydrogen) atoms. The normalized spacial score (nSPS) is 27.8. The first kappa shape index (κ1) is 21.4. The summed E-state index contributed by atoms with van der Waals surface area (Å²) in [6, 6.07) is 12.6. The molecule has 2 saturated heterocycles. The number of hydrogen-bond donors (Lipinski definition) is 2. The highest BCUT2D eigenvalue weighted by atomic mass is 16.1. The molecule has 3 atom stereocenters. The monoisotopic (exact) mass is 434 g/mol. The molecule has 1 unspecified atom stereocenters. The molecule has 0 spiro atoms. The minimum atomic E-state index is -0.0921. The fourth-order valence-electron chi connectivity index (χ4n) is 6.32. The van der Waals surface area contributed by atoms with Crippen LogP contribution in [-0.2, 0) is 12.8 Å². The third kappa shape index (κ3) is 3.69. The van der Waals surface area contributed by atoms with Crippen molar-refractivity contribution in [2.24, 2.45) is 0 Å². The molecule has 0 aliphatic carbocycles. The number of pyridine rings is 1. The Bertz CT molecular complexity index is 969. The van der Waals surface area contributed by atoms with Crippen molar-refractivity contribution in [3.8, 4) is 0 Å². The second-order valence-electron chi connectivity index (χ2n) is 9.72. The maximum atomic E-state index is 11.8. The standard InChI is InChI=1S/C26H35N5O/c1-19-4-3-15-31(19,24-9-12-28-18-24)23-7-5-20-10-13-30(14-11-21(20)16-23)25-8-6-22(17-29-25)26(32)27-2/h5-8,16-17,19,24,28H,3-4,9-15,18H2,1-2H3/p+1/t19-,24-,31?/m0/s1. The van der Waals surface area contributed by atoms with Gasteiger partial charge in [-0.05, 0) is 49.1 Å². The molecule has 0 bridgehead atoms. The summed E-state index contributed by atoms with van der Waals surface area (Å²) < 4.78 is 1.17. The van der Waals surface area contributed by atoms with E-state index in [1.165, 1.54) is 47.1 Å². The van der Waals surface area contributed by atoms with Gasteiger partial charge in [0.2, 0.25) is 0 Å². The number of anilines is 1. The van der Waals surface area contributed by atoms with Gasteiger partial charge in [-0.15, -0.1) is 0 Å². The van der Waals surface area contributed by atoms with E-state index in [4.69, 9.17) is 0 Å². The Kier molecular flexibility index (Phi) is 5.91. The topological polar surface area (TPSA) is 57.3 Å². The van der Waals surface area contributed by atoms with Crippen molar-refractivity contribution in [2.75, 3.05) is 44.7 Å². The minimum absolute atomic E-state index is 0.0921. The Morgan fingerprint density at radius 2 is 2.00 bits per heavy atom. The number of carbonyl (C=O) groups is 1. The Hall–Kier alpha value is -2.44. The fraction of sp³-hybridized carbons (Fsp3) is 0.538. The number of quaternary nitrogens is 1. The van der Waals surface area contributed by atoms with Gasteiger partial charge in [0.25, 0.3) is 5.91 Å². The first-order valence-electron chi connectivity index (χ1n) is 12.3. The minimum Gasteiger partial charge on any atom is -0.356 e. The molecule has 6 nitrogen and oxygen atoms in total. The zero-order valence-corrected chi connectivity index (χ0v) is 19.4. The average molecular weight is 435 g/mol. The molecule has 170 valence electrons. The summed E-state index contributed by atoms with van der Waals surface area (Å²) in [5.41, 5.74) is 5.13. The van der Waals surface area contributed by atoms with Gasteiger partial charge in [0.05, 0.1) is 18.2 Å². The van der Waals surface area contributed by atoms with Crippen LogP contribution in [0.15, 0.2) is 36.5 Å². The van der Waals surface area contributed by atoms with Crippen LogP contribution in [0.1, 0.15) is 47.7 Å². The van der Waals surface area contributed by atoms with Crippen molar-refractivity contribution in [3.05, 3.63) is 53.2 Å². The Balaban J connectivity index is 1.37. The van der Waals surface area contributed by atoms with Crippen molar-refractivity contribution < 1.29 is 4.79 Å². The number of benzene rings is 1. The molecule has 1 amide bonds. The smallest absolute Gasteiger partial charge is 0.252 e. The predicted molar refractivity (Wildman–Crippen MR) is 130 cm³/mol. The van der Waals surface area contributed by atoms with Crippen molar-refractivity contribution >= 4 is 17.4 Å². The van der Waals surface area contributed by atoms with Gasteiger partial charge in [-0.25, -0.2) is 4.98 Å². The van der Waals surface area contributed by atoms with Crippen LogP contribution < -0.4 is 20.0 Å². The van der Waals surface area contributed by atoms with E-state index in [0.717, 1.165) is 44.8 Å². The molecule has 0 radical (unpaired) electrons. The van der Waals surface area contributed by atoms with E-state index in [2.05, 4.69) is 45.6 Å². The van der Waals surface area contributed by atoms with E-state index < -0.39 is 0 Å². The van der Waals surface area contributed by atoms with Crippen molar-refractivity contribution in [1.29, 1.82) is 0 Å². The molecule has 5 rings (SSSR count). The van der Waals surface area contributed by atoms with Crippen LogP contribution in [0.4, 0.5) is 11.5 Å². The van der Waals surface area contributed by atoms with Gasteiger partial charge in [-0.3, -0.25) is 9.28 Å². The number of fused-ring (bicyclic) bond motifs is 1. The third-order valence-electron chi connectivity index (χ3n) is 8.16. The first-order valence-corrected chi connectivity index (χ1v) is 12.3. The molecule has 6 heteroatoms. The molecular formula is C26H36N5O+. The summed E-state index contributed by atoms with van der Waals surface area (Å²) in [5.74, 6) is 0.866. The molecule has 3 aliphatic rings. The molecule has 2 aromatic rings. The lowest BCUT2D eigenvalue weighted by Crippen LogP contribution is -2.59. The summed E-state index contributed by atoms with van der Waals surface area (Å²) in [6.45, 7) is 7.97. The number of likely N-dealkylation sites (tertiary alicyclic amines) is 1. The molecule has 3 aliphatic heterocycles. The van der Waals surface area contributed by atoms with Gasteiger partial charge >= 0.3 is 0 Å². The zero-order chi connectivity index (χ0) is 22.1. The maximum Gasteiger partial charge on any atom is 0.252 e. The molecular weight excluding hydrogens is 398 g/mol. The van der Waals surface area contributed by atoms with Crippen molar-refractivity contribution in [3.63, 3.8) is 0 Å². The second-order valence-corrected chi connectivity index (χ2v) is 9.72. The third-order valence-corrected chi connectivity index (χ3v) is 8.16. The summed E-state index contributed by atoms with van der Waals surface area (Å²) >= 11 is 0. The van der Waals surface area contributed by atoms with E-state index >= 15 is 0 Å². The molecule has 2 fully saturated rings. The molecule has 4 heterocycles. The highest BCUT2D eigenvalue weighted by molar-refractivity contribution is 5.93. The maximum absolute atomic E-state index is 11.8. The molecule has 2 N–H and O–H groups in total. The summed E-state index contributed by atoms with van der Waals surface area (Å²) in [4.78, 5) is 18.8. The van der Waals surface area contributed by atoms with Gasteiger partial charge in [0.15, 0.2) is 0 Å². The molecule has 0 saturated carbocycles. The van der Waals surface area contributed by atoms with E-state index in [0.29, 0.717) is 17.6 Å². The Labute approximate surface area is 191 Å². The van der Waals surface area contributed by atoms with Crippen molar-refractivity contribution in [2.45, 2.75) is 51.1 Å². The highest BCUT2D eigenvalue weighted by Gasteiger charge is 2.48. The van der Waals surface area contributed by atoms with E-state index in [9.17, 15) is 4.79 Å². The number of amides is 1.